The van der Waals surface area contributed by atoms with Crippen LogP contribution in [0.15, 0.2) is 35.5 Å². The van der Waals surface area contributed by atoms with Gasteiger partial charge < -0.3 is 13.6 Å². The Kier molecular flexibility index (Phi) is 9.65. The first kappa shape index (κ1) is 32.8. The molecule has 3 saturated carbocycles. The van der Waals surface area contributed by atoms with Gasteiger partial charge in [0.05, 0.1) is 12.2 Å². The Labute approximate surface area is 243 Å². The van der Waals surface area contributed by atoms with E-state index in [1.54, 1.807) is 5.57 Å². The summed E-state index contributed by atoms with van der Waals surface area (Å²) in [6, 6.07) is 0. The Morgan fingerprint density at radius 2 is 1.56 bits per heavy atom. The third-order valence-corrected chi connectivity index (χ3v) is 20.6. The lowest BCUT2D eigenvalue weighted by atomic mass is 9.61. The highest BCUT2D eigenvalue weighted by molar-refractivity contribution is 6.74. The Hall–Kier alpha value is -0.756. The minimum Gasteiger partial charge on any atom is -0.413 e. The van der Waals surface area contributed by atoms with Gasteiger partial charge in [-0.2, -0.15) is 0 Å². The van der Waals surface area contributed by atoms with Gasteiger partial charge in [0.1, 0.15) is 6.29 Å². The fourth-order valence-corrected chi connectivity index (χ4v) is 9.67. The maximum Gasteiger partial charge on any atom is 0.192 e. The van der Waals surface area contributed by atoms with Gasteiger partial charge in [-0.1, -0.05) is 79.7 Å². The third kappa shape index (κ3) is 6.84. The van der Waals surface area contributed by atoms with Gasteiger partial charge in [0.25, 0.3) is 0 Å². The summed E-state index contributed by atoms with van der Waals surface area (Å²) in [5.74, 6) is 1.24. The number of hydrogen-bond donors (Lipinski definition) is 0. The van der Waals surface area contributed by atoms with Crippen molar-refractivity contribution in [2.45, 2.75) is 149 Å². The van der Waals surface area contributed by atoms with Gasteiger partial charge in [-0.05, 0) is 103 Å². The fraction of sp³-hybridized carbons (Fsp3) is 0.794. The summed E-state index contributed by atoms with van der Waals surface area (Å²) >= 11 is 0. The molecule has 3 aliphatic rings. The molecule has 0 radical (unpaired) electrons. The maximum atomic E-state index is 11.7. The summed E-state index contributed by atoms with van der Waals surface area (Å²) in [7, 11) is -3.89. The van der Waals surface area contributed by atoms with Crippen molar-refractivity contribution in [2.24, 2.45) is 23.2 Å². The van der Waals surface area contributed by atoms with Crippen LogP contribution in [-0.2, 0) is 13.6 Å². The van der Waals surface area contributed by atoms with Crippen LogP contribution in [0.1, 0.15) is 100 Å². The number of fused-ring (bicyclic) bond motifs is 1. The van der Waals surface area contributed by atoms with Crippen molar-refractivity contribution in [2.75, 3.05) is 0 Å². The Bertz CT molecular complexity index is 977. The second-order valence-electron chi connectivity index (χ2n) is 16.4. The molecule has 4 unspecified atom stereocenters. The largest absolute Gasteiger partial charge is 0.413 e. The first-order valence-corrected chi connectivity index (χ1v) is 21.4. The molecule has 222 valence electrons. The van der Waals surface area contributed by atoms with Crippen LogP contribution in [0.2, 0.25) is 36.3 Å². The normalized spacial score (nSPS) is 33.9. The smallest absolute Gasteiger partial charge is 0.192 e. The van der Waals surface area contributed by atoms with Gasteiger partial charge in [-0.15, -0.1) is 0 Å². The second-order valence-corrected chi connectivity index (χ2v) is 25.9. The van der Waals surface area contributed by atoms with E-state index in [0.29, 0.717) is 11.8 Å². The molecule has 0 aromatic rings. The van der Waals surface area contributed by atoms with Crippen LogP contribution in [0.3, 0.4) is 0 Å². The molecule has 3 fully saturated rings. The number of hydrogen-bond acceptors (Lipinski definition) is 3. The zero-order chi connectivity index (χ0) is 29.6. The predicted molar refractivity (Wildman–Crippen MR) is 172 cm³/mol. The summed E-state index contributed by atoms with van der Waals surface area (Å²) in [6.45, 7) is 32.6. The van der Waals surface area contributed by atoms with Crippen molar-refractivity contribution in [1.82, 2.24) is 0 Å². The number of carbonyl (C=O) groups is 1. The molecule has 5 heteroatoms. The third-order valence-electron chi connectivity index (χ3n) is 11.6. The second kappa shape index (κ2) is 11.5. The van der Waals surface area contributed by atoms with E-state index in [4.69, 9.17) is 8.85 Å². The van der Waals surface area contributed by atoms with Gasteiger partial charge in [0.2, 0.25) is 0 Å². The average Bonchev–Trinajstić information content (AvgIpc) is 3.15. The van der Waals surface area contributed by atoms with E-state index >= 15 is 0 Å². The Balaban J connectivity index is 1.93. The van der Waals surface area contributed by atoms with E-state index in [-0.39, 0.29) is 33.6 Å². The number of allylic oxidation sites excluding steroid dienone is 3. The van der Waals surface area contributed by atoms with E-state index in [1.165, 1.54) is 44.0 Å². The topological polar surface area (TPSA) is 35.5 Å². The van der Waals surface area contributed by atoms with E-state index in [9.17, 15) is 4.79 Å². The van der Waals surface area contributed by atoms with E-state index in [0.717, 1.165) is 18.4 Å². The summed E-state index contributed by atoms with van der Waals surface area (Å²) in [5, 5.41) is 0.323. The molecule has 0 amide bonds. The SMILES string of the molecule is C=C1C(=CC=C2CCC[C@@]3(C)C2CCC3[C@@H](C)C=O)CC(O[Si](C)(C)C(C)(C)C)CC1O[Si](C)(C)C(C)(C)C. The van der Waals surface area contributed by atoms with Crippen LogP contribution < -0.4 is 0 Å². The maximum absolute atomic E-state index is 11.7. The van der Waals surface area contributed by atoms with Crippen molar-refractivity contribution in [1.29, 1.82) is 0 Å². The standard InChI is InChI=1S/C34H60O3Si2/c1-24(23-35)29-18-19-30-26(15-14-20-34(29,30)9)16-17-27-21-28(36-38(10,11)32(3,4)5)22-31(25(27)2)37-39(12,13)33(6,7)8/h16-17,23-24,28-31H,2,14-15,18-22H2,1,3-13H3/t24-,28?,29?,30?,31?,34+/m0/s1. The molecule has 3 aliphatic carbocycles. The molecular weight excluding hydrogens is 513 g/mol. The molecule has 0 spiro atoms. The fourth-order valence-electron chi connectivity index (χ4n) is 7.00. The molecule has 0 saturated heterocycles. The van der Waals surface area contributed by atoms with E-state index in [1.807, 2.05) is 0 Å². The van der Waals surface area contributed by atoms with Crippen LogP contribution in [0.4, 0.5) is 0 Å². The summed E-state index contributed by atoms with van der Waals surface area (Å²) in [4.78, 5) is 11.7. The minimum absolute atomic E-state index is 0.0139. The van der Waals surface area contributed by atoms with E-state index < -0.39 is 16.6 Å². The Morgan fingerprint density at radius 3 is 2.13 bits per heavy atom. The van der Waals surface area contributed by atoms with Crippen molar-refractivity contribution >= 4 is 22.9 Å². The van der Waals surface area contributed by atoms with E-state index in [2.05, 4.69) is 100 Å². The lowest BCUT2D eigenvalue weighted by molar-refractivity contribution is -0.113. The Morgan fingerprint density at radius 1 is 0.974 bits per heavy atom. The molecule has 0 aliphatic heterocycles. The highest BCUT2D eigenvalue weighted by Crippen LogP contribution is 2.59. The lowest BCUT2D eigenvalue weighted by Gasteiger charge is -2.45. The monoisotopic (exact) mass is 572 g/mol. The molecule has 0 aromatic heterocycles. The molecule has 0 heterocycles. The van der Waals surface area contributed by atoms with Crippen LogP contribution >= 0.6 is 0 Å². The molecule has 39 heavy (non-hydrogen) atoms. The molecule has 3 rings (SSSR count). The van der Waals surface area contributed by atoms with Crippen LogP contribution in [-0.4, -0.2) is 35.1 Å². The number of rotatable bonds is 7. The highest BCUT2D eigenvalue weighted by Gasteiger charge is 2.51. The van der Waals surface area contributed by atoms with Gasteiger partial charge >= 0.3 is 0 Å². The molecule has 0 bridgehead atoms. The molecule has 0 aromatic carbocycles. The minimum atomic E-state index is -1.97. The molecule has 0 N–H and O–H groups in total. The predicted octanol–water partition coefficient (Wildman–Crippen LogP) is 10.0. The van der Waals surface area contributed by atoms with Gasteiger partial charge in [-0.3, -0.25) is 0 Å². The van der Waals surface area contributed by atoms with Crippen molar-refractivity contribution in [3.05, 3.63) is 35.5 Å². The first-order valence-electron chi connectivity index (χ1n) is 15.6. The molecule has 6 atom stereocenters. The van der Waals surface area contributed by atoms with Gasteiger partial charge in [0, 0.05) is 12.3 Å². The van der Waals surface area contributed by atoms with Crippen molar-refractivity contribution in [3.63, 3.8) is 0 Å². The molecular formula is C34H60O3Si2. The molecule has 3 nitrogen and oxygen atoms in total. The quantitative estimate of drug-likeness (QED) is 0.225. The average molecular weight is 573 g/mol. The summed E-state index contributed by atoms with van der Waals surface area (Å²) < 4.78 is 14.0. The first-order chi connectivity index (χ1) is 17.7. The zero-order valence-electron chi connectivity index (χ0n) is 27.5. The summed E-state index contributed by atoms with van der Waals surface area (Å²) in [5.41, 5.74) is 4.29. The van der Waals surface area contributed by atoms with Crippen LogP contribution in [0.25, 0.3) is 0 Å². The number of carbonyl (C=O) groups excluding carboxylic acids is 1. The van der Waals surface area contributed by atoms with Gasteiger partial charge in [0.15, 0.2) is 16.6 Å². The van der Waals surface area contributed by atoms with Gasteiger partial charge in [-0.25, -0.2) is 0 Å². The van der Waals surface area contributed by atoms with Crippen molar-refractivity contribution < 1.29 is 13.6 Å². The lowest BCUT2D eigenvalue weighted by Crippen LogP contribution is -2.49. The zero-order valence-corrected chi connectivity index (χ0v) is 29.5. The highest BCUT2D eigenvalue weighted by atomic mass is 28.4. The van der Waals surface area contributed by atoms with Crippen molar-refractivity contribution in [3.8, 4) is 0 Å². The number of aldehydes is 1. The van der Waals surface area contributed by atoms with Crippen LogP contribution in [0, 0.1) is 23.2 Å². The van der Waals surface area contributed by atoms with Crippen LogP contribution in [0.5, 0.6) is 0 Å². The summed E-state index contributed by atoms with van der Waals surface area (Å²) in [6.07, 6.45) is 14.0.